The van der Waals surface area contributed by atoms with E-state index in [1.165, 1.54) is 0 Å². The van der Waals surface area contributed by atoms with Crippen molar-refractivity contribution < 1.29 is 9.84 Å². The first kappa shape index (κ1) is 10.9. The van der Waals surface area contributed by atoms with Crippen molar-refractivity contribution in [3.63, 3.8) is 0 Å². The summed E-state index contributed by atoms with van der Waals surface area (Å²) >= 11 is 5.74. The predicted octanol–water partition coefficient (Wildman–Crippen LogP) is 3.02. The van der Waals surface area contributed by atoms with Crippen LogP contribution in [0.15, 0.2) is 42.5 Å². The van der Waals surface area contributed by atoms with E-state index in [0.717, 1.165) is 5.56 Å². The van der Waals surface area contributed by atoms with E-state index in [1.807, 2.05) is 12.1 Å². The minimum absolute atomic E-state index is 0.0137. The summed E-state index contributed by atoms with van der Waals surface area (Å²) in [5.74, 6) is 1.06. The van der Waals surface area contributed by atoms with Gasteiger partial charge in [-0.15, -0.1) is 0 Å². The van der Waals surface area contributed by atoms with Gasteiger partial charge >= 0.3 is 0 Å². The number of halogens is 1. The Morgan fingerprint density at radius 1 is 1.19 bits per heavy atom. The normalized spacial score (nSPS) is 10.1. The average molecular weight is 236 g/mol. The number of aromatic nitrogens is 1. The van der Waals surface area contributed by atoms with Gasteiger partial charge < -0.3 is 9.84 Å². The molecule has 0 bridgehead atoms. The molecule has 0 aliphatic heterocycles. The number of pyridine rings is 1. The van der Waals surface area contributed by atoms with Gasteiger partial charge in [0.15, 0.2) is 0 Å². The van der Waals surface area contributed by atoms with Crippen molar-refractivity contribution >= 4 is 11.6 Å². The summed E-state index contributed by atoms with van der Waals surface area (Å²) in [5, 5.41) is 9.36. The Morgan fingerprint density at radius 2 is 2.00 bits per heavy atom. The minimum Gasteiger partial charge on any atom is -0.439 e. The molecule has 0 radical (unpaired) electrons. The molecule has 1 aromatic carbocycles. The molecule has 0 aliphatic rings. The molecule has 1 aromatic heterocycles. The van der Waals surface area contributed by atoms with Crippen LogP contribution in [-0.4, -0.2) is 10.1 Å². The van der Waals surface area contributed by atoms with E-state index in [-0.39, 0.29) is 6.61 Å². The van der Waals surface area contributed by atoms with Crippen LogP contribution < -0.4 is 4.74 Å². The third-order valence-corrected chi connectivity index (χ3v) is 2.20. The van der Waals surface area contributed by atoms with Gasteiger partial charge in [-0.05, 0) is 23.8 Å². The molecule has 0 amide bonds. The lowest BCUT2D eigenvalue weighted by Crippen LogP contribution is -1.89. The van der Waals surface area contributed by atoms with Gasteiger partial charge in [0, 0.05) is 6.07 Å². The molecule has 4 heteroatoms. The lowest BCUT2D eigenvalue weighted by molar-refractivity contribution is 0.281. The number of benzene rings is 1. The number of hydrogen-bond donors (Lipinski definition) is 1. The Morgan fingerprint density at radius 3 is 2.75 bits per heavy atom. The van der Waals surface area contributed by atoms with E-state index in [2.05, 4.69) is 4.98 Å². The van der Waals surface area contributed by atoms with Crippen LogP contribution in [0.3, 0.4) is 0 Å². The number of rotatable bonds is 3. The summed E-state index contributed by atoms with van der Waals surface area (Å²) in [5.41, 5.74) is 0.791. The largest absolute Gasteiger partial charge is 0.439 e. The SMILES string of the molecule is OCc1cccc(Oc2cccc(Cl)n2)c1. The van der Waals surface area contributed by atoms with Crippen LogP contribution in [0.4, 0.5) is 0 Å². The molecular weight excluding hydrogens is 226 g/mol. The van der Waals surface area contributed by atoms with Gasteiger partial charge in [-0.2, -0.15) is 0 Å². The van der Waals surface area contributed by atoms with Crippen LogP contribution in [0.2, 0.25) is 5.15 Å². The first-order valence-corrected chi connectivity index (χ1v) is 5.16. The molecule has 0 aliphatic carbocycles. The average Bonchev–Trinajstić information content (AvgIpc) is 2.29. The molecule has 1 N–H and O–H groups in total. The Hall–Kier alpha value is -1.58. The highest BCUT2D eigenvalue weighted by atomic mass is 35.5. The van der Waals surface area contributed by atoms with Crippen LogP contribution >= 0.6 is 11.6 Å². The van der Waals surface area contributed by atoms with Crippen LogP contribution in [0, 0.1) is 0 Å². The maximum Gasteiger partial charge on any atom is 0.220 e. The highest BCUT2D eigenvalue weighted by Crippen LogP contribution is 2.21. The molecule has 0 atom stereocenters. The highest BCUT2D eigenvalue weighted by molar-refractivity contribution is 6.29. The van der Waals surface area contributed by atoms with Crippen molar-refractivity contribution in [3.8, 4) is 11.6 Å². The molecule has 2 rings (SSSR count). The van der Waals surface area contributed by atoms with Gasteiger partial charge in [0.25, 0.3) is 0 Å². The summed E-state index contributed by atoms with van der Waals surface area (Å²) in [6.07, 6.45) is 0. The minimum atomic E-state index is -0.0137. The standard InChI is InChI=1S/C12H10ClNO2/c13-11-5-2-6-12(14-11)16-10-4-1-3-9(7-10)8-15/h1-7,15H,8H2. The molecule has 3 nitrogen and oxygen atoms in total. The van der Waals surface area contributed by atoms with E-state index >= 15 is 0 Å². The summed E-state index contributed by atoms with van der Waals surface area (Å²) in [7, 11) is 0. The van der Waals surface area contributed by atoms with Gasteiger partial charge in [-0.1, -0.05) is 29.8 Å². The fourth-order valence-electron chi connectivity index (χ4n) is 1.27. The molecule has 0 unspecified atom stereocenters. The second kappa shape index (κ2) is 4.96. The van der Waals surface area contributed by atoms with Crippen LogP contribution in [0.5, 0.6) is 11.6 Å². The molecule has 0 spiro atoms. The van der Waals surface area contributed by atoms with Crippen molar-refractivity contribution in [1.82, 2.24) is 4.98 Å². The van der Waals surface area contributed by atoms with Crippen LogP contribution in [-0.2, 0) is 6.61 Å². The first-order chi connectivity index (χ1) is 7.78. The summed E-state index contributed by atoms with van der Waals surface area (Å²) in [4.78, 5) is 4.00. The molecule has 0 saturated heterocycles. The van der Waals surface area contributed by atoms with Crippen molar-refractivity contribution in [1.29, 1.82) is 0 Å². The molecule has 0 saturated carbocycles. The Balaban J connectivity index is 2.20. The van der Waals surface area contributed by atoms with E-state index in [4.69, 9.17) is 21.4 Å². The zero-order valence-electron chi connectivity index (χ0n) is 8.43. The van der Waals surface area contributed by atoms with Crippen molar-refractivity contribution in [2.75, 3.05) is 0 Å². The van der Waals surface area contributed by atoms with E-state index < -0.39 is 0 Å². The van der Waals surface area contributed by atoms with Crippen LogP contribution in [0.25, 0.3) is 0 Å². The molecule has 2 aromatic rings. The lowest BCUT2D eigenvalue weighted by Gasteiger charge is -2.05. The van der Waals surface area contributed by atoms with Gasteiger partial charge in [0.1, 0.15) is 10.9 Å². The molecule has 82 valence electrons. The second-order valence-corrected chi connectivity index (χ2v) is 3.59. The molecular formula is C12H10ClNO2. The fraction of sp³-hybridized carbons (Fsp3) is 0.0833. The zero-order valence-corrected chi connectivity index (χ0v) is 9.19. The van der Waals surface area contributed by atoms with Gasteiger partial charge in [-0.25, -0.2) is 4.98 Å². The maximum atomic E-state index is 8.98. The monoisotopic (exact) mass is 235 g/mol. The van der Waals surface area contributed by atoms with Crippen molar-refractivity contribution in [2.45, 2.75) is 6.61 Å². The molecule has 0 fully saturated rings. The number of aliphatic hydroxyl groups is 1. The number of ether oxygens (including phenoxy) is 1. The van der Waals surface area contributed by atoms with Crippen LogP contribution in [0.1, 0.15) is 5.56 Å². The Bertz CT molecular complexity index is 488. The van der Waals surface area contributed by atoms with Gasteiger partial charge in [-0.3, -0.25) is 0 Å². The zero-order chi connectivity index (χ0) is 11.4. The van der Waals surface area contributed by atoms with E-state index in [0.29, 0.717) is 16.8 Å². The topological polar surface area (TPSA) is 42.4 Å². The van der Waals surface area contributed by atoms with E-state index in [1.54, 1.807) is 30.3 Å². The Labute approximate surface area is 98.3 Å². The smallest absolute Gasteiger partial charge is 0.220 e. The van der Waals surface area contributed by atoms with Crippen molar-refractivity contribution in [2.24, 2.45) is 0 Å². The number of hydrogen-bond acceptors (Lipinski definition) is 3. The maximum absolute atomic E-state index is 8.98. The third-order valence-electron chi connectivity index (χ3n) is 1.99. The summed E-state index contributed by atoms with van der Waals surface area (Å²) in [6, 6.07) is 12.3. The highest BCUT2D eigenvalue weighted by Gasteiger charge is 2.00. The second-order valence-electron chi connectivity index (χ2n) is 3.21. The quantitative estimate of drug-likeness (QED) is 0.832. The molecule has 1 heterocycles. The first-order valence-electron chi connectivity index (χ1n) is 4.78. The molecule has 16 heavy (non-hydrogen) atoms. The number of nitrogens with zero attached hydrogens (tertiary/aromatic N) is 1. The summed E-state index contributed by atoms with van der Waals surface area (Å²) < 4.78 is 5.50. The fourth-order valence-corrected chi connectivity index (χ4v) is 1.43. The number of aliphatic hydroxyl groups excluding tert-OH is 1. The Kier molecular flexibility index (Phi) is 3.39. The lowest BCUT2D eigenvalue weighted by atomic mass is 10.2. The van der Waals surface area contributed by atoms with E-state index in [9.17, 15) is 0 Å². The van der Waals surface area contributed by atoms with Gasteiger partial charge in [0.2, 0.25) is 5.88 Å². The predicted molar refractivity (Wildman–Crippen MR) is 61.7 cm³/mol. The van der Waals surface area contributed by atoms with Crippen molar-refractivity contribution in [3.05, 3.63) is 53.2 Å². The van der Waals surface area contributed by atoms with Gasteiger partial charge in [0.05, 0.1) is 6.61 Å². The third kappa shape index (κ3) is 2.72. The summed E-state index contributed by atoms with van der Waals surface area (Å²) in [6.45, 7) is -0.0137.